The van der Waals surface area contributed by atoms with Crippen LogP contribution in [0, 0.1) is 0 Å². The van der Waals surface area contributed by atoms with Gasteiger partial charge in [0.2, 0.25) is 5.89 Å². The molecule has 1 aromatic carbocycles. The third kappa shape index (κ3) is 1.98. The van der Waals surface area contributed by atoms with Gasteiger partial charge in [-0.2, -0.15) is 0 Å². The first kappa shape index (κ1) is 10.9. The molecular formula is C14H13N3O. The molecule has 0 unspecified atom stereocenters. The second kappa shape index (κ2) is 4.58. The van der Waals surface area contributed by atoms with E-state index in [9.17, 15) is 0 Å². The number of hydrogen-bond acceptors (Lipinski definition) is 4. The van der Waals surface area contributed by atoms with Gasteiger partial charge in [0.25, 0.3) is 0 Å². The van der Waals surface area contributed by atoms with Gasteiger partial charge in [-0.1, -0.05) is 6.07 Å². The summed E-state index contributed by atoms with van der Waals surface area (Å²) in [6, 6.07) is 9.77. The van der Waals surface area contributed by atoms with Crippen molar-refractivity contribution in [3.05, 3.63) is 48.3 Å². The normalized spacial score (nSPS) is 10.9. The van der Waals surface area contributed by atoms with Crippen molar-refractivity contribution < 1.29 is 4.42 Å². The molecule has 0 aliphatic rings. The lowest BCUT2D eigenvalue weighted by Gasteiger charge is -1.95. The molecule has 2 heterocycles. The minimum absolute atomic E-state index is 0.600. The Labute approximate surface area is 104 Å². The van der Waals surface area contributed by atoms with Gasteiger partial charge in [-0.15, -0.1) is 0 Å². The highest BCUT2D eigenvalue weighted by Crippen LogP contribution is 2.24. The summed E-state index contributed by atoms with van der Waals surface area (Å²) in [4.78, 5) is 8.54. The average Bonchev–Trinajstić information content (AvgIpc) is 2.83. The van der Waals surface area contributed by atoms with E-state index in [1.807, 2.05) is 30.3 Å². The molecule has 0 bridgehead atoms. The van der Waals surface area contributed by atoms with Crippen LogP contribution in [0.15, 0.2) is 47.1 Å². The topological polar surface area (TPSA) is 64.9 Å². The van der Waals surface area contributed by atoms with E-state index >= 15 is 0 Å². The van der Waals surface area contributed by atoms with Crippen molar-refractivity contribution in [1.29, 1.82) is 0 Å². The molecule has 0 amide bonds. The second-order valence-electron chi connectivity index (χ2n) is 4.10. The van der Waals surface area contributed by atoms with Gasteiger partial charge in [0.1, 0.15) is 5.52 Å². The Hall–Kier alpha value is -2.20. The quantitative estimate of drug-likeness (QED) is 0.762. The molecule has 0 fully saturated rings. The SMILES string of the molecule is NCCc1ccc2oc(-c3cccnc3)nc2c1. The molecule has 0 aliphatic heterocycles. The molecular weight excluding hydrogens is 226 g/mol. The van der Waals surface area contributed by atoms with Crippen molar-refractivity contribution in [2.24, 2.45) is 5.73 Å². The van der Waals surface area contributed by atoms with E-state index in [0.29, 0.717) is 12.4 Å². The maximum atomic E-state index is 5.70. The molecule has 4 nitrogen and oxygen atoms in total. The number of benzene rings is 1. The molecule has 0 radical (unpaired) electrons. The minimum atomic E-state index is 0.600. The molecule has 3 rings (SSSR count). The molecule has 4 heteroatoms. The summed E-state index contributed by atoms with van der Waals surface area (Å²) in [6.45, 7) is 0.638. The van der Waals surface area contributed by atoms with Crippen LogP contribution in [0.5, 0.6) is 0 Å². The third-order valence-electron chi connectivity index (χ3n) is 2.79. The Kier molecular flexibility index (Phi) is 2.78. The fraction of sp³-hybridized carbons (Fsp3) is 0.143. The lowest BCUT2D eigenvalue weighted by atomic mass is 10.1. The first-order valence-corrected chi connectivity index (χ1v) is 5.87. The highest BCUT2D eigenvalue weighted by atomic mass is 16.3. The van der Waals surface area contributed by atoms with Crippen molar-refractivity contribution in [2.75, 3.05) is 6.54 Å². The fourth-order valence-corrected chi connectivity index (χ4v) is 1.91. The summed E-state index contributed by atoms with van der Waals surface area (Å²) in [5, 5.41) is 0. The third-order valence-corrected chi connectivity index (χ3v) is 2.79. The molecule has 2 aromatic heterocycles. The van der Waals surface area contributed by atoms with Crippen molar-refractivity contribution in [1.82, 2.24) is 9.97 Å². The Morgan fingerprint density at radius 3 is 2.94 bits per heavy atom. The molecule has 18 heavy (non-hydrogen) atoms. The molecule has 3 aromatic rings. The van der Waals surface area contributed by atoms with E-state index in [-0.39, 0.29) is 0 Å². The van der Waals surface area contributed by atoms with Crippen LogP contribution in [0.4, 0.5) is 0 Å². The summed E-state index contributed by atoms with van der Waals surface area (Å²) in [5.41, 5.74) is 9.26. The second-order valence-corrected chi connectivity index (χ2v) is 4.10. The molecule has 0 saturated carbocycles. The Balaban J connectivity index is 2.06. The zero-order valence-corrected chi connectivity index (χ0v) is 9.84. The van der Waals surface area contributed by atoms with E-state index in [1.54, 1.807) is 12.4 Å². The van der Waals surface area contributed by atoms with Gasteiger partial charge in [0.15, 0.2) is 5.58 Å². The summed E-state index contributed by atoms with van der Waals surface area (Å²) in [6.07, 6.45) is 4.32. The zero-order valence-electron chi connectivity index (χ0n) is 9.84. The molecule has 0 aliphatic carbocycles. The van der Waals surface area contributed by atoms with Crippen LogP contribution < -0.4 is 5.73 Å². The van der Waals surface area contributed by atoms with Crippen LogP contribution in [0.25, 0.3) is 22.6 Å². The van der Waals surface area contributed by atoms with Gasteiger partial charge in [0, 0.05) is 12.4 Å². The maximum Gasteiger partial charge on any atom is 0.228 e. The number of nitrogens with zero attached hydrogens (tertiary/aromatic N) is 2. The van der Waals surface area contributed by atoms with Gasteiger partial charge in [-0.05, 0) is 42.8 Å². The summed E-state index contributed by atoms with van der Waals surface area (Å²) >= 11 is 0. The number of aromatic nitrogens is 2. The standard InChI is InChI=1S/C14H13N3O/c15-6-5-10-3-4-13-12(8-10)17-14(18-13)11-2-1-7-16-9-11/h1-4,7-9H,5-6,15H2. The highest BCUT2D eigenvalue weighted by molar-refractivity contribution is 5.76. The van der Waals surface area contributed by atoms with E-state index < -0.39 is 0 Å². The van der Waals surface area contributed by atoms with Crippen molar-refractivity contribution in [2.45, 2.75) is 6.42 Å². The van der Waals surface area contributed by atoms with Crippen LogP contribution in [-0.4, -0.2) is 16.5 Å². The van der Waals surface area contributed by atoms with Gasteiger partial charge in [-0.3, -0.25) is 4.98 Å². The summed E-state index contributed by atoms with van der Waals surface area (Å²) in [7, 11) is 0. The smallest absolute Gasteiger partial charge is 0.228 e. The monoisotopic (exact) mass is 239 g/mol. The van der Waals surface area contributed by atoms with E-state index in [4.69, 9.17) is 10.2 Å². The van der Waals surface area contributed by atoms with Crippen LogP contribution in [0.3, 0.4) is 0 Å². The van der Waals surface area contributed by atoms with Crippen molar-refractivity contribution >= 4 is 11.1 Å². The minimum Gasteiger partial charge on any atom is -0.436 e. The predicted molar refractivity (Wildman–Crippen MR) is 70.0 cm³/mol. The van der Waals surface area contributed by atoms with Crippen LogP contribution in [0.2, 0.25) is 0 Å². The Morgan fingerprint density at radius 2 is 2.17 bits per heavy atom. The number of nitrogens with two attached hydrogens (primary N) is 1. The van der Waals surface area contributed by atoms with Crippen LogP contribution in [0.1, 0.15) is 5.56 Å². The van der Waals surface area contributed by atoms with Crippen molar-refractivity contribution in [3.8, 4) is 11.5 Å². The largest absolute Gasteiger partial charge is 0.436 e. The highest BCUT2D eigenvalue weighted by Gasteiger charge is 2.08. The zero-order chi connectivity index (χ0) is 12.4. The van der Waals surface area contributed by atoms with Crippen molar-refractivity contribution in [3.63, 3.8) is 0 Å². The number of fused-ring (bicyclic) bond motifs is 1. The molecule has 0 spiro atoms. The number of pyridine rings is 1. The van der Waals surface area contributed by atoms with Gasteiger partial charge in [0.05, 0.1) is 5.56 Å². The number of rotatable bonds is 3. The predicted octanol–water partition coefficient (Wildman–Crippen LogP) is 2.39. The Bertz CT molecular complexity index is 661. The van der Waals surface area contributed by atoms with E-state index in [2.05, 4.69) is 9.97 Å². The lowest BCUT2D eigenvalue weighted by molar-refractivity contribution is 0.619. The molecule has 0 saturated heterocycles. The average molecular weight is 239 g/mol. The van der Waals surface area contributed by atoms with E-state index in [0.717, 1.165) is 23.1 Å². The van der Waals surface area contributed by atoms with E-state index in [1.165, 1.54) is 5.56 Å². The molecule has 2 N–H and O–H groups in total. The van der Waals surface area contributed by atoms with Crippen LogP contribution >= 0.6 is 0 Å². The van der Waals surface area contributed by atoms with Gasteiger partial charge >= 0.3 is 0 Å². The maximum absolute atomic E-state index is 5.70. The lowest BCUT2D eigenvalue weighted by Crippen LogP contribution is -2.02. The summed E-state index contributed by atoms with van der Waals surface area (Å²) in [5.74, 6) is 0.600. The fourth-order valence-electron chi connectivity index (χ4n) is 1.91. The van der Waals surface area contributed by atoms with Crippen LogP contribution in [-0.2, 0) is 6.42 Å². The summed E-state index contributed by atoms with van der Waals surface area (Å²) < 4.78 is 5.70. The first-order chi connectivity index (χ1) is 8.86. The molecule has 0 atom stereocenters. The first-order valence-electron chi connectivity index (χ1n) is 5.87. The number of oxazole rings is 1. The Morgan fingerprint density at radius 1 is 1.22 bits per heavy atom. The van der Waals surface area contributed by atoms with Gasteiger partial charge < -0.3 is 10.2 Å². The molecule has 90 valence electrons. The van der Waals surface area contributed by atoms with Gasteiger partial charge in [-0.25, -0.2) is 4.98 Å². The number of hydrogen-bond donors (Lipinski definition) is 1.